The molecule has 164 valence electrons. The smallest absolute Gasteiger partial charge is 0.292 e. The first-order valence-corrected chi connectivity index (χ1v) is 9.63. The minimum atomic E-state index is -0.493. The van der Waals surface area contributed by atoms with Gasteiger partial charge in [0.1, 0.15) is 5.75 Å². The second-order valence-electron chi connectivity index (χ2n) is 6.52. The molecule has 0 saturated carbocycles. The molecule has 3 aromatic rings. The number of carbonyl (C=O) groups is 1. The molecule has 2 heterocycles. The topological polar surface area (TPSA) is 149 Å². The highest BCUT2D eigenvalue weighted by molar-refractivity contribution is 5.93. The fourth-order valence-electron chi connectivity index (χ4n) is 2.86. The maximum absolute atomic E-state index is 12.9. The lowest BCUT2D eigenvalue weighted by Crippen LogP contribution is -2.37. The molecule has 0 aliphatic heterocycles. The van der Waals surface area contributed by atoms with Crippen molar-refractivity contribution in [2.75, 3.05) is 25.9 Å². The normalized spacial score (nSPS) is 10.8. The third-order valence-corrected chi connectivity index (χ3v) is 4.69. The molecule has 4 N–H and O–H groups in total. The van der Waals surface area contributed by atoms with Crippen LogP contribution in [0.4, 0.5) is 5.82 Å². The van der Waals surface area contributed by atoms with Gasteiger partial charge >= 0.3 is 0 Å². The largest absolute Gasteiger partial charge is 0.497 e. The van der Waals surface area contributed by atoms with Gasteiger partial charge in [-0.2, -0.15) is 4.68 Å². The summed E-state index contributed by atoms with van der Waals surface area (Å²) in [6, 6.07) is 7.28. The SMILES string of the molecule is C=C(NNC(=O)c1nnn(-c2nonc2N)c1CN(CC)CC)c1cccc(OC)c1. The van der Waals surface area contributed by atoms with Crippen LogP contribution in [0.3, 0.4) is 0 Å². The Labute approximate surface area is 179 Å². The minimum absolute atomic E-state index is 0.0437. The number of carbonyl (C=O) groups excluding carboxylic acids is 1. The van der Waals surface area contributed by atoms with Crippen LogP contribution < -0.4 is 21.3 Å². The molecule has 0 bridgehead atoms. The Hall–Kier alpha value is -3.93. The third-order valence-electron chi connectivity index (χ3n) is 4.69. The van der Waals surface area contributed by atoms with Crippen LogP contribution in [0.25, 0.3) is 11.5 Å². The second-order valence-corrected chi connectivity index (χ2v) is 6.52. The monoisotopic (exact) mass is 427 g/mol. The predicted molar refractivity (Wildman–Crippen MR) is 113 cm³/mol. The number of amides is 1. The first-order valence-electron chi connectivity index (χ1n) is 9.63. The van der Waals surface area contributed by atoms with Crippen LogP contribution in [0.2, 0.25) is 0 Å². The molecular weight excluding hydrogens is 402 g/mol. The van der Waals surface area contributed by atoms with E-state index >= 15 is 0 Å². The number of aromatic nitrogens is 5. The number of hydrogen-bond donors (Lipinski definition) is 3. The van der Waals surface area contributed by atoms with E-state index in [9.17, 15) is 4.79 Å². The summed E-state index contributed by atoms with van der Waals surface area (Å²) in [5, 5.41) is 15.4. The number of hydrazine groups is 1. The molecular formula is C19H25N9O3. The zero-order valence-electron chi connectivity index (χ0n) is 17.6. The maximum atomic E-state index is 12.9. The molecule has 0 radical (unpaired) electrons. The highest BCUT2D eigenvalue weighted by atomic mass is 16.6. The summed E-state index contributed by atoms with van der Waals surface area (Å²) < 4.78 is 11.2. The zero-order valence-corrected chi connectivity index (χ0v) is 17.6. The average molecular weight is 427 g/mol. The Balaban J connectivity index is 1.82. The molecule has 0 fully saturated rings. The molecule has 2 aromatic heterocycles. The fourth-order valence-corrected chi connectivity index (χ4v) is 2.86. The number of ether oxygens (including phenoxy) is 1. The van der Waals surface area contributed by atoms with E-state index < -0.39 is 5.91 Å². The second kappa shape index (κ2) is 9.71. The van der Waals surface area contributed by atoms with Gasteiger partial charge in [-0.3, -0.25) is 20.5 Å². The maximum Gasteiger partial charge on any atom is 0.292 e. The molecule has 12 nitrogen and oxygen atoms in total. The van der Waals surface area contributed by atoms with Crippen molar-refractivity contribution in [3.05, 3.63) is 47.8 Å². The van der Waals surface area contributed by atoms with Gasteiger partial charge in [0.05, 0.1) is 18.5 Å². The lowest BCUT2D eigenvalue weighted by atomic mass is 10.2. The Bertz CT molecular complexity index is 1060. The zero-order chi connectivity index (χ0) is 22.4. The molecule has 0 spiro atoms. The van der Waals surface area contributed by atoms with Crippen LogP contribution in [0, 0.1) is 0 Å². The Kier molecular flexibility index (Phi) is 6.82. The highest BCUT2D eigenvalue weighted by Gasteiger charge is 2.25. The van der Waals surface area contributed by atoms with Crippen molar-refractivity contribution in [3.8, 4) is 11.6 Å². The number of nitrogens with zero attached hydrogens (tertiary/aromatic N) is 6. The number of nitrogen functional groups attached to an aromatic ring is 1. The van der Waals surface area contributed by atoms with Crippen molar-refractivity contribution in [2.45, 2.75) is 20.4 Å². The molecule has 1 amide bonds. The first kappa shape index (κ1) is 21.8. The number of methoxy groups -OCH3 is 1. The Morgan fingerprint density at radius 3 is 2.71 bits per heavy atom. The van der Waals surface area contributed by atoms with Gasteiger partial charge in [-0.05, 0) is 35.5 Å². The number of nitrogens with one attached hydrogen (secondary N) is 2. The summed E-state index contributed by atoms with van der Waals surface area (Å²) in [7, 11) is 1.58. The summed E-state index contributed by atoms with van der Waals surface area (Å²) in [4.78, 5) is 15.0. The van der Waals surface area contributed by atoms with Crippen LogP contribution in [-0.4, -0.2) is 56.3 Å². The minimum Gasteiger partial charge on any atom is -0.497 e. The summed E-state index contributed by atoms with van der Waals surface area (Å²) >= 11 is 0. The van der Waals surface area contributed by atoms with Crippen molar-refractivity contribution < 1.29 is 14.2 Å². The number of rotatable bonds is 10. The van der Waals surface area contributed by atoms with E-state index in [4.69, 9.17) is 10.5 Å². The molecule has 0 aliphatic rings. The molecule has 12 heteroatoms. The predicted octanol–water partition coefficient (Wildman–Crippen LogP) is 0.988. The molecule has 0 saturated heterocycles. The van der Waals surface area contributed by atoms with E-state index in [1.807, 2.05) is 32.0 Å². The number of hydrogen-bond acceptors (Lipinski definition) is 10. The van der Waals surface area contributed by atoms with Crippen LogP contribution in [0.15, 0.2) is 35.5 Å². The first-order chi connectivity index (χ1) is 15.0. The van der Waals surface area contributed by atoms with Crippen LogP contribution in [-0.2, 0) is 6.54 Å². The molecule has 3 rings (SSSR count). The Morgan fingerprint density at radius 2 is 2.06 bits per heavy atom. The van der Waals surface area contributed by atoms with E-state index in [2.05, 4.69) is 47.6 Å². The van der Waals surface area contributed by atoms with Gasteiger partial charge in [0.25, 0.3) is 5.91 Å². The lowest BCUT2D eigenvalue weighted by Gasteiger charge is -2.18. The van der Waals surface area contributed by atoms with E-state index in [0.29, 0.717) is 23.7 Å². The standard InChI is InChI=1S/C19H25N9O3/c1-5-27(6-2)11-15-16(22-26-28(15)18-17(20)24-31-25-18)19(29)23-21-12(3)13-8-7-9-14(10-13)30-4/h7-10,21H,3,5-6,11H2,1-2,4H3,(H2,20,24)(H,23,29). The van der Waals surface area contributed by atoms with Gasteiger partial charge in [-0.1, -0.05) is 37.8 Å². The van der Waals surface area contributed by atoms with Gasteiger partial charge in [0.15, 0.2) is 5.69 Å². The quantitative estimate of drug-likeness (QED) is 0.400. The number of anilines is 1. The van der Waals surface area contributed by atoms with Gasteiger partial charge in [-0.25, -0.2) is 4.63 Å². The van der Waals surface area contributed by atoms with E-state index in [1.54, 1.807) is 13.2 Å². The molecule has 0 unspecified atom stereocenters. The van der Waals surface area contributed by atoms with Crippen LogP contribution in [0.5, 0.6) is 5.75 Å². The summed E-state index contributed by atoms with van der Waals surface area (Å²) in [6.07, 6.45) is 0. The van der Waals surface area contributed by atoms with E-state index in [-0.39, 0.29) is 17.3 Å². The van der Waals surface area contributed by atoms with Crippen molar-refractivity contribution in [2.24, 2.45) is 0 Å². The highest BCUT2D eigenvalue weighted by Crippen LogP contribution is 2.19. The number of benzene rings is 1. The lowest BCUT2D eigenvalue weighted by molar-refractivity contribution is 0.0935. The van der Waals surface area contributed by atoms with E-state index in [1.165, 1.54) is 4.68 Å². The molecule has 1 aromatic carbocycles. The van der Waals surface area contributed by atoms with Crippen LogP contribution >= 0.6 is 0 Å². The molecule has 31 heavy (non-hydrogen) atoms. The van der Waals surface area contributed by atoms with Gasteiger partial charge in [0, 0.05) is 12.1 Å². The van der Waals surface area contributed by atoms with Gasteiger partial charge < -0.3 is 10.5 Å². The molecule has 0 atom stereocenters. The molecule has 0 aliphatic carbocycles. The van der Waals surface area contributed by atoms with Gasteiger partial charge in [0.2, 0.25) is 11.6 Å². The summed E-state index contributed by atoms with van der Waals surface area (Å²) in [5.41, 5.74) is 13.1. The van der Waals surface area contributed by atoms with Gasteiger partial charge in [-0.15, -0.1) is 5.10 Å². The van der Waals surface area contributed by atoms with Crippen molar-refractivity contribution in [1.29, 1.82) is 0 Å². The van der Waals surface area contributed by atoms with Crippen LogP contribution in [0.1, 0.15) is 35.6 Å². The van der Waals surface area contributed by atoms with Crippen molar-refractivity contribution in [3.63, 3.8) is 0 Å². The van der Waals surface area contributed by atoms with E-state index in [0.717, 1.165) is 18.7 Å². The fraction of sp³-hybridized carbons (Fsp3) is 0.316. The van der Waals surface area contributed by atoms with Crippen molar-refractivity contribution >= 4 is 17.4 Å². The van der Waals surface area contributed by atoms with Crippen molar-refractivity contribution in [1.82, 2.24) is 41.1 Å². The number of nitrogens with two attached hydrogens (primary N) is 1. The Morgan fingerprint density at radius 1 is 1.29 bits per heavy atom. The summed E-state index contributed by atoms with van der Waals surface area (Å²) in [5.74, 6) is 0.396. The third kappa shape index (κ3) is 4.80. The summed E-state index contributed by atoms with van der Waals surface area (Å²) in [6.45, 7) is 9.90. The average Bonchev–Trinajstić information content (AvgIpc) is 3.40.